The molecule has 8 nitrogen and oxygen atoms in total. The van der Waals surface area contributed by atoms with Crippen LogP contribution in [0.25, 0.3) is 11.6 Å². The van der Waals surface area contributed by atoms with Crippen molar-refractivity contribution < 1.29 is 14.4 Å². The van der Waals surface area contributed by atoms with E-state index in [9.17, 15) is 14.4 Å². The van der Waals surface area contributed by atoms with Gasteiger partial charge in [0.15, 0.2) is 0 Å². The Bertz CT molecular complexity index is 1310. The normalized spacial score (nSPS) is 14.5. The summed E-state index contributed by atoms with van der Waals surface area (Å²) in [6, 6.07) is 10.3. The average molecular weight is 478 g/mol. The number of H-pyrrole nitrogens is 1. The number of benzene rings is 1. The van der Waals surface area contributed by atoms with Crippen LogP contribution in [0.2, 0.25) is 0 Å². The van der Waals surface area contributed by atoms with Crippen LogP contribution in [0.1, 0.15) is 51.5 Å². The minimum absolute atomic E-state index is 0.153. The van der Waals surface area contributed by atoms with E-state index in [2.05, 4.69) is 25.9 Å². The van der Waals surface area contributed by atoms with Gasteiger partial charge >= 0.3 is 0 Å². The SMILES string of the molecule is Cc1[nH]c(/C=C2\C(=O)Nc3ccc(C(=O)N[C@H](C)c4ccccn4)cc32)c(C)c1NC(=O)CCl. The predicted molar refractivity (Wildman–Crippen MR) is 133 cm³/mol. The summed E-state index contributed by atoms with van der Waals surface area (Å²) >= 11 is 5.61. The molecule has 4 rings (SSSR count). The molecule has 0 aliphatic carbocycles. The lowest BCUT2D eigenvalue weighted by Gasteiger charge is -2.13. The van der Waals surface area contributed by atoms with E-state index in [-0.39, 0.29) is 29.6 Å². The van der Waals surface area contributed by atoms with Crippen LogP contribution in [0.5, 0.6) is 0 Å². The Kier molecular flexibility index (Phi) is 6.51. The first-order chi connectivity index (χ1) is 16.3. The van der Waals surface area contributed by atoms with Crippen LogP contribution in [0.3, 0.4) is 0 Å². The first kappa shape index (κ1) is 23.3. The molecule has 4 N–H and O–H groups in total. The van der Waals surface area contributed by atoms with Crippen LogP contribution in [0.4, 0.5) is 11.4 Å². The number of alkyl halides is 1. The highest BCUT2D eigenvalue weighted by molar-refractivity contribution is 6.35. The number of anilines is 2. The molecule has 1 aromatic carbocycles. The minimum atomic E-state index is -0.314. The fourth-order valence-corrected chi connectivity index (χ4v) is 3.95. The summed E-state index contributed by atoms with van der Waals surface area (Å²) in [5.74, 6) is -1.00. The molecule has 34 heavy (non-hydrogen) atoms. The third kappa shape index (κ3) is 4.58. The lowest BCUT2D eigenvalue weighted by Crippen LogP contribution is -2.27. The lowest BCUT2D eigenvalue weighted by molar-refractivity contribution is -0.114. The third-order valence-electron chi connectivity index (χ3n) is 5.69. The van der Waals surface area contributed by atoms with Gasteiger partial charge in [0, 0.05) is 34.4 Å². The lowest BCUT2D eigenvalue weighted by atomic mass is 10.0. The van der Waals surface area contributed by atoms with E-state index in [1.807, 2.05) is 39.0 Å². The number of aromatic nitrogens is 2. The smallest absolute Gasteiger partial charge is 0.256 e. The average Bonchev–Trinajstić information content (AvgIpc) is 3.29. The van der Waals surface area contributed by atoms with E-state index in [4.69, 9.17) is 11.6 Å². The quantitative estimate of drug-likeness (QED) is 0.314. The summed E-state index contributed by atoms with van der Waals surface area (Å²) in [6.07, 6.45) is 3.40. The molecule has 1 aliphatic heterocycles. The summed E-state index contributed by atoms with van der Waals surface area (Å²) in [7, 11) is 0. The van der Waals surface area contributed by atoms with E-state index in [0.29, 0.717) is 33.8 Å². The molecule has 0 radical (unpaired) electrons. The van der Waals surface area contributed by atoms with E-state index in [1.165, 1.54) is 0 Å². The van der Waals surface area contributed by atoms with Crippen LogP contribution >= 0.6 is 11.6 Å². The van der Waals surface area contributed by atoms with Gasteiger partial charge in [0.1, 0.15) is 5.88 Å². The highest BCUT2D eigenvalue weighted by atomic mass is 35.5. The molecular formula is C25H24ClN5O3. The van der Waals surface area contributed by atoms with Crippen molar-refractivity contribution in [2.75, 3.05) is 16.5 Å². The van der Waals surface area contributed by atoms with E-state index < -0.39 is 0 Å². The van der Waals surface area contributed by atoms with Gasteiger partial charge in [0.05, 0.1) is 23.0 Å². The fourth-order valence-electron chi connectivity index (χ4n) is 3.88. The van der Waals surface area contributed by atoms with E-state index >= 15 is 0 Å². The summed E-state index contributed by atoms with van der Waals surface area (Å²) < 4.78 is 0. The zero-order chi connectivity index (χ0) is 24.4. The van der Waals surface area contributed by atoms with Crippen molar-refractivity contribution in [1.29, 1.82) is 0 Å². The summed E-state index contributed by atoms with van der Waals surface area (Å²) in [6.45, 7) is 5.53. The number of aromatic amines is 1. The van der Waals surface area contributed by atoms with Crippen molar-refractivity contribution in [2.24, 2.45) is 0 Å². The number of hydrogen-bond donors (Lipinski definition) is 4. The van der Waals surface area contributed by atoms with Crippen LogP contribution in [-0.4, -0.2) is 33.6 Å². The number of pyridine rings is 1. The van der Waals surface area contributed by atoms with E-state index in [1.54, 1.807) is 30.5 Å². The molecule has 0 saturated carbocycles. The fraction of sp³-hybridized carbons (Fsp3) is 0.200. The van der Waals surface area contributed by atoms with Crippen molar-refractivity contribution in [3.8, 4) is 0 Å². The number of nitrogens with one attached hydrogen (secondary N) is 4. The van der Waals surface area contributed by atoms with Crippen molar-refractivity contribution in [2.45, 2.75) is 26.8 Å². The Morgan fingerprint density at radius 3 is 2.71 bits per heavy atom. The minimum Gasteiger partial charge on any atom is -0.357 e. The topological polar surface area (TPSA) is 116 Å². The van der Waals surface area contributed by atoms with Crippen molar-refractivity contribution >= 4 is 52.3 Å². The number of hydrogen-bond acceptors (Lipinski definition) is 4. The Labute approximate surface area is 201 Å². The van der Waals surface area contributed by atoms with Gasteiger partial charge in [-0.15, -0.1) is 11.6 Å². The molecule has 174 valence electrons. The van der Waals surface area contributed by atoms with Crippen molar-refractivity contribution in [3.63, 3.8) is 0 Å². The zero-order valence-corrected chi connectivity index (χ0v) is 19.7. The Hall–Kier alpha value is -3.91. The van der Waals surface area contributed by atoms with Crippen molar-refractivity contribution in [3.05, 3.63) is 76.4 Å². The number of aryl methyl sites for hydroxylation is 1. The molecule has 1 atom stereocenters. The second-order valence-electron chi connectivity index (χ2n) is 8.07. The summed E-state index contributed by atoms with van der Waals surface area (Å²) in [5.41, 5.74) is 5.69. The van der Waals surface area contributed by atoms with Crippen LogP contribution in [-0.2, 0) is 9.59 Å². The number of carbonyl (C=O) groups is 3. The molecule has 0 fully saturated rings. The molecule has 1 aliphatic rings. The molecule has 2 aromatic heterocycles. The number of nitrogens with zero attached hydrogens (tertiary/aromatic N) is 1. The van der Waals surface area contributed by atoms with Gasteiger partial charge in [0.2, 0.25) is 5.91 Å². The number of fused-ring (bicyclic) bond motifs is 1. The molecule has 3 heterocycles. The number of carbonyl (C=O) groups excluding carboxylic acids is 3. The Morgan fingerprint density at radius 2 is 2.00 bits per heavy atom. The Morgan fingerprint density at radius 1 is 1.21 bits per heavy atom. The summed E-state index contributed by atoms with van der Waals surface area (Å²) in [5, 5.41) is 8.54. The molecule has 9 heteroatoms. The maximum Gasteiger partial charge on any atom is 0.256 e. The monoisotopic (exact) mass is 477 g/mol. The van der Waals surface area contributed by atoms with Gasteiger partial charge in [0.25, 0.3) is 11.8 Å². The van der Waals surface area contributed by atoms with Gasteiger partial charge in [-0.05, 0) is 62.7 Å². The van der Waals surface area contributed by atoms with E-state index in [0.717, 1.165) is 17.0 Å². The highest BCUT2D eigenvalue weighted by Gasteiger charge is 2.26. The second kappa shape index (κ2) is 9.52. The van der Waals surface area contributed by atoms with Gasteiger partial charge in [-0.25, -0.2) is 0 Å². The van der Waals surface area contributed by atoms with Crippen LogP contribution in [0, 0.1) is 13.8 Å². The largest absolute Gasteiger partial charge is 0.357 e. The molecule has 0 spiro atoms. The number of rotatable bonds is 6. The third-order valence-corrected chi connectivity index (χ3v) is 5.94. The maximum absolute atomic E-state index is 12.9. The molecule has 0 unspecified atom stereocenters. The molecule has 3 amide bonds. The van der Waals surface area contributed by atoms with Gasteiger partial charge in [-0.1, -0.05) is 6.07 Å². The van der Waals surface area contributed by atoms with Crippen LogP contribution < -0.4 is 16.0 Å². The highest BCUT2D eigenvalue weighted by Crippen LogP contribution is 2.35. The van der Waals surface area contributed by atoms with Gasteiger partial charge in [-0.2, -0.15) is 0 Å². The molecule has 3 aromatic rings. The standard InChI is InChI=1S/C25H24ClN5O3/c1-13-21(28-15(3)23(13)31-22(32)12-26)11-18-17-10-16(7-8-20(17)30-25(18)34)24(33)29-14(2)19-6-4-5-9-27-19/h4-11,14,28H,12H2,1-3H3,(H,29,33)(H,30,34)(H,31,32)/b18-11-/t14-/m1/s1. The summed E-state index contributed by atoms with van der Waals surface area (Å²) in [4.78, 5) is 44.8. The van der Waals surface area contributed by atoms with Gasteiger partial charge in [-0.3, -0.25) is 19.4 Å². The molecule has 0 saturated heterocycles. The van der Waals surface area contributed by atoms with Crippen LogP contribution in [0.15, 0.2) is 42.6 Å². The predicted octanol–water partition coefficient (Wildman–Crippen LogP) is 4.19. The zero-order valence-electron chi connectivity index (χ0n) is 19.0. The number of halogens is 1. The maximum atomic E-state index is 12.9. The first-order valence-corrected chi connectivity index (χ1v) is 11.3. The molecule has 0 bridgehead atoms. The van der Waals surface area contributed by atoms with Gasteiger partial charge < -0.3 is 20.9 Å². The number of amides is 3. The second-order valence-corrected chi connectivity index (χ2v) is 8.33. The Balaban J connectivity index is 1.63. The first-order valence-electron chi connectivity index (χ1n) is 10.7. The molecular weight excluding hydrogens is 454 g/mol. The van der Waals surface area contributed by atoms with Crippen molar-refractivity contribution in [1.82, 2.24) is 15.3 Å².